The topological polar surface area (TPSA) is 237 Å². The summed E-state index contributed by atoms with van der Waals surface area (Å²) in [5, 5.41) is 10.6. The predicted octanol–water partition coefficient (Wildman–Crippen LogP) is 23.3. The zero-order chi connectivity index (χ0) is 71.2. The number of aliphatic hydroxyl groups is 1. The third-order valence-corrected chi connectivity index (χ3v) is 20.2. The van der Waals surface area contributed by atoms with Crippen LogP contribution in [0.2, 0.25) is 0 Å². The van der Waals surface area contributed by atoms with Crippen LogP contribution in [0.3, 0.4) is 0 Å². The second-order valence-electron chi connectivity index (χ2n) is 28.6. The van der Waals surface area contributed by atoms with Gasteiger partial charge in [0.2, 0.25) is 0 Å². The lowest BCUT2D eigenvalue weighted by molar-refractivity contribution is -0.161. The van der Waals surface area contributed by atoms with E-state index in [0.717, 1.165) is 102 Å². The number of carbonyl (C=O) groups is 4. The quantitative estimate of drug-likeness (QED) is 0.0222. The number of phosphoric ester groups is 2. The van der Waals surface area contributed by atoms with E-state index in [1.165, 1.54) is 231 Å². The first-order valence-corrected chi connectivity index (χ1v) is 43.6. The number of hydrogen-bond donors (Lipinski definition) is 3. The Balaban J connectivity index is 5.19. The Kier molecular flexibility index (Phi) is 69.6. The number of hydrogen-bond acceptors (Lipinski definition) is 15. The first-order chi connectivity index (χ1) is 47.0. The van der Waals surface area contributed by atoms with Crippen molar-refractivity contribution in [2.24, 2.45) is 5.92 Å². The zero-order valence-corrected chi connectivity index (χ0v) is 65.0. The fraction of sp³-hybridized carbons (Fsp3) is 0.949. The van der Waals surface area contributed by atoms with Crippen LogP contribution >= 0.6 is 15.6 Å². The molecule has 576 valence electrons. The van der Waals surface area contributed by atoms with E-state index in [4.69, 9.17) is 37.0 Å². The van der Waals surface area contributed by atoms with Gasteiger partial charge in [0.05, 0.1) is 26.4 Å². The Morgan fingerprint density at radius 2 is 0.474 bits per heavy atom. The van der Waals surface area contributed by atoms with Gasteiger partial charge in [0, 0.05) is 25.7 Å². The van der Waals surface area contributed by atoms with Crippen LogP contribution in [0, 0.1) is 5.92 Å². The molecule has 0 fully saturated rings. The molecule has 2 unspecified atom stereocenters. The van der Waals surface area contributed by atoms with Crippen molar-refractivity contribution in [2.45, 2.75) is 432 Å². The summed E-state index contributed by atoms with van der Waals surface area (Å²) in [7, 11) is -9.91. The lowest BCUT2D eigenvalue weighted by Gasteiger charge is -2.21. The smallest absolute Gasteiger partial charge is 0.462 e. The van der Waals surface area contributed by atoms with Crippen molar-refractivity contribution in [3.05, 3.63) is 0 Å². The number of aliphatic hydroxyl groups excluding tert-OH is 1. The number of unbranched alkanes of at least 4 members (excludes halogenated alkanes) is 50. The average molecular weight is 1420 g/mol. The molecule has 0 saturated carbocycles. The van der Waals surface area contributed by atoms with Crippen molar-refractivity contribution in [3.8, 4) is 0 Å². The van der Waals surface area contributed by atoms with Gasteiger partial charge in [0.25, 0.3) is 0 Å². The fourth-order valence-corrected chi connectivity index (χ4v) is 13.6. The Hall–Kier alpha value is -1.94. The van der Waals surface area contributed by atoms with Crippen molar-refractivity contribution in [2.75, 3.05) is 39.6 Å². The normalized spacial score (nSPS) is 13.9. The van der Waals surface area contributed by atoms with Crippen molar-refractivity contribution in [1.29, 1.82) is 0 Å². The van der Waals surface area contributed by atoms with Crippen LogP contribution < -0.4 is 0 Å². The van der Waals surface area contributed by atoms with Crippen LogP contribution in [-0.2, 0) is 65.4 Å². The fourth-order valence-electron chi connectivity index (χ4n) is 12.1. The van der Waals surface area contributed by atoms with E-state index in [9.17, 15) is 43.2 Å². The number of phosphoric acid groups is 2. The maximum atomic E-state index is 13.1. The van der Waals surface area contributed by atoms with E-state index >= 15 is 0 Å². The largest absolute Gasteiger partial charge is 0.472 e. The third-order valence-electron chi connectivity index (χ3n) is 18.3. The lowest BCUT2D eigenvalue weighted by atomic mass is 10.0. The summed E-state index contributed by atoms with van der Waals surface area (Å²) >= 11 is 0. The van der Waals surface area contributed by atoms with Gasteiger partial charge >= 0.3 is 39.5 Å². The summed E-state index contributed by atoms with van der Waals surface area (Å²) in [6, 6.07) is 0. The highest BCUT2D eigenvalue weighted by Crippen LogP contribution is 2.45. The minimum absolute atomic E-state index is 0.108. The summed E-state index contributed by atoms with van der Waals surface area (Å²) in [5.74, 6) is -1.31. The third kappa shape index (κ3) is 72.2. The highest BCUT2D eigenvalue weighted by atomic mass is 31.2. The van der Waals surface area contributed by atoms with E-state index in [2.05, 4.69) is 34.6 Å². The molecule has 0 bridgehead atoms. The average Bonchev–Trinajstić information content (AvgIpc) is 1.32. The Morgan fingerprint density at radius 1 is 0.278 bits per heavy atom. The van der Waals surface area contributed by atoms with Crippen molar-refractivity contribution in [1.82, 2.24) is 0 Å². The molecule has 0 aliphatic carbocycles. The second kappa shape index (κ2) is 71.1. The summed E-state index contributed by atoms with van der Waals surface area (Å²) in [6.07, 6.45) is 61.1. The highest BCUT2D eigenvalue weighted by molar-refractivity contribution is 7.47. The Bertz CT molecular complexity index is 1860. The molecular weight excluding hydrogens is 1270 g/mol. The van der Waals surface area contributed by atoms with Crippen LogP contribution in [0.5, 0.6) is 0 Å². The lowest BCUT2D eigenvalue weighted by Crippen LogP contribution is -2.30. The van der Waals surface area contributed by atoms with Crippen LogP contribution in [0.1, 0.15) is 413 Å². The highest BCUT2D eigenvalue weighted by Gasteiger charge is 2.30. The molecular formula is C78H152O17P2. The molecule has 19 heteroatoms. The van der Waals surface area contributed by atoms with Crippen molar-refractivity contribution >= 4 is 39.5 Å². The first kappa shape index (κ1) is 95.1. The molecule has 0 aliphatic rings. The molecule has 0 spiro atoms. The summed E-state index contributed by atoms with van der Waals surface area (Å²) in [6.45, 7) is 7.31. The minimum atomic E-state index is -4.96. The molecule has 0 heterocycles. The van der Waals surface area contributed by atoms with Crippen LogP contribution in [0.4, 0.5) is 0 Å². The summed E-state index contributed by atoms with van der Waals surface area (Å²) in [5.41, 5.74) is 0. The van der Waals surface area contributed by atoms with Gasteiger partial charge in [-0.25, -0.2) is 9.13 Å². The zero-order valence-electron chi connectivity index (χ0n) is 63.2. The maximum absolute atomic E-state index is 13.1. The first-order valence-electron chi connectivity index (χ1n) is 40.6. The number of carbonyl (C=O) groups excluding carboxylic acids is 4. The molecule has 5 atom stereocenters. The maximum Gasteiger partial charge on any atom is 0.472 e. The monoisotopic (exact) mass is 1420 g/mol. The minimum Gasteiger partial charge on any atom is -0.462 e. The molecule has 0 aromatic rings. The molecule has 0 aromatic heterocycles. The Labute approximate surface area is 594 Å². The van der Waals surface area contributed by atoms with E-state index in [1.807, 2.05) is 0 Å². The molecule has 0 amide bonds. The molecule has 0 aromatic carbocycles. The van der Waals surface area contributed by atoms with E-state index in [0.29, 0.717) is 25.7 Å². The van der Waals surface area contributed by atoms with Crippen LogP contribution in [-0.4, -0.2) is 96.7 Å². The van der Waals surface area contributed by atoms with Gasteiger partial charge in [-0.3, -0.25) is 37.3 Å². The molecule has 0 aliphatic heterocycles. The summed E-state index contributed by atoms with van der Waals surface area (Å²) < 4.78 is 68.5. The SMILES string of the molecule is CCCCCCCCCCCCCCCCCCCCCC(=O)O[C@H](COC(=O)CCCCCCCCCCCCCCCCCC(C)C)COP(=O)(O)OC[C@@H](O)COP(=O)(O)OC[C@@H](COC(=O)CCCCCCCCCC)OC(=O)CCCCCCCCCCCCCC. The Morgan fingerprint density at radius 3 is 0.701 bits per heavy atom. The van der Waals surface area contributed by atoms with Crippen molar-refractivity contribution < 1.29 is 80.2 Å². The van der Waals surface area contributed by atoms with Crippen LogP contribution in [0.25, 0.3) is 0 Å². The van der Waals surface area contributed by atoms with Gasteiger partial charge < -0.3 is 33.8 Å². The van der Waals surface area contributed by atoms with Crippen molar-refractivity contribution in [3.63, 3.8) is 0 Å². The molecule has 0 saturated heterocycles. The summed E-state index contributed by atoms with van der Waals surface area (Å²) in [4.78, 5) is 72.8. The van der Waals surface area contributed by atoms with Gasteiger partial charge in [-0.05, 0) is 31.6 Å². The van der Waals surface area contributed by atoms with Gasteiger partial charge in [-0.2, -0.15) is 0 Å². The van der Waals surface area contributed by atoms with Gasteiger partial charge in [0.15, 0.2) is 12.2 Å². The molecule has 3 N–H and O–H groups in total. The molecule has 97 heavy (non-hydrogen) atoms. The van der Waals surface area contributed by atoms with E-state index in [1.54, 1.807) is 0 Å². The molecule has 0 rings (SSSR count). The standard InChI is InChI=1S/C78H152O17P2/c1-6-9-12-15-18-21-23-25-26-27-28-29-32-36-40-44-49-54-59-64-78(83)95-74(68-89-76(81)62-57-52-47-42-39-35-33-30-31-34-37-41-45-50-55-60-71(4)5)70-93-97(86,87)91-66-72(79)65-90-96(84,85)92-69-73(67-88-75(80)61-56-51-46-20-17-14-11-8-3)94-77(82)63-58-53-48-43-38-24-22-19-16-13-10-7-2/h71-74,79H,6-70H2,1-5H3,(H,84,85)(H,86,87)/t72-,73+,74+/m0/s1. The number of rotatable bonds is 78. The molecule has 0 radical (unpaired) electrons. The van der Waals surface area contributed by atoms with Gasteiger partial charge in [-0.15, -0.1) is 0 Å². The number of ether oxygens (including phenoxy) is 4. The second-order valence-corrected chi connectivity index (χ2v) is 31.5. The van der Waals surface area contributed by atoms with Crippen LogP contribution in [0.15, 0.2) is 0 Å². The van der Waals surface area contributed by atoms with E-state index < -0.39 is 97.5 Å². The van der Waals surface area contributed by atoms with Gasteiger partial charge in [0.1, 0.15) is 19.3 Å². The predicted molar refractivity (Wildman–Crippen MR) is 395 cm³/mol. The number of esters is 4. The van der Waals surface area contributed by atoms with E-state index in [-0.39, 0.29) is 25.7 Å². The molecule has 17 nitrogen and oxygen atoms in total. The van der Waals surface area contributed by atoms with Gasteiger partial charge in [-0.1, -0.05) is 362 Å².